The number of rotatable bonds is 2. The van der Waals surface area contributed by atoms with Crippen molar-refractivity contribution in [1.82, 2.24) is 0 Å². The van der Waals surface area contributed by atoms with Crippen molar-refractivity contribution in [2.45, 2.75) is 12.5 Å². The quantitative estimate of drug-likeness (QED) is 0.777. The van der Waals surface area contributed by atoms with Gasteiger partial charge >= 0.3 is 0 Å². The van der Waals surface area contributed by atoms with Crippen molar-refractivity contribution in [3.05, 3.63) is 41.7 Å². The van der Waals surface area contributed by atoms with E-state index in [0.717, 1.165) is 11.3 Å². The number of ether oxygens (including phenoxy) is 1. The minimum atomic E-state index is -0.220. The Balaban J connectivity index is 2.19. The molecule has 1 aliphatic rings. The van der Waals surface area contributed by atoms with E-state index in [4.69, 9.17) is 10.5 Å². The minimum absolute atomic E-state index is 0.204. The second kappa shape index (κ2) is 3.80. The summed E-state index contributed by atoms with van der Waals surface area (Å²) in [5, 5.41) is 0. The van der Waals surface area contributed by atoms with Crippen molar-refractivity contribution in [3.63, 3.8) is 0 Å². The van der Waals surface area contributed by atoms with E-state index in [-0.39, 0.29) is 12.6 Å². The zero-order valence-electron chi connectivity index (χ0n) is 7.74. The Morgan fingerprint density at radius 2 is 2.36 bits per heavy atom. The van der Waals surface area contributed by atoms with E-state index < -0.39 is 0 Å². The fourth-order valence-electron chi connectivity index (χ4n) is 1.64. The third-order valence-electron chi connectivity index (χ3n) is 2.44. The number of nitrogens with two attached hydrogens (primary N) is 1. The monoisotopic (exact) mass is 193 g/mol. The molecule has 0 fully saturated rings. The number of para-hydroxylation sites is 1. The summed E-state index contributed by atoms with van der Waals surface area (Å²) in [7, 11) is 0. The average Bonchev–Trinajstić information content (AvgIpc) is 2.63. The predicted molar refractivity (Wildman–Crippen MR) is 52.8 cm³/mol. The number of fused-ring (bicyclic) bond motifs is 1. The van der Waals surface area contributed by atoms with Crippen LogP contribution in [0.2, 0.25) is 0 Å². The van der Waals surface area contributed by atoms with Crippen molar-refractivity contribution in [2.75, 3.05) is 6.54 Å². The molecule has 2 rings (SSSR count). The van der Waals surface area contributed by atoms with E-state index in [1.807, 2.05) is 24.3 Å². The topological polar surface area (TPSA) is 35.2 Å². The molecule has 1 atom stereocenters. The van der Waals surface area contributed by atoms with Gasteiger partial charge in [0.15, 0.2) is 0 Å². The van der Waals surface area contributed by atoms with Crippen molar-refractivity contribution in [3.8, 4) is 5.75 Å². The van der Waals surface area contributed by atoms with Gasteiger partial charge in [-0.25, -0.2) is 4.39 Å². The van der Waals surface area contributed by atoms with E-state index in [1.54, 1.807) is 0 Å². The van der Waals surface area contributed by atoms with Crippen LogP contribution in [0.25, 0.3) is 0 Å². The van der Waals surface area contributed by atoms with Crippen LogP contribution in [0, 0.1) is 0 Å². The second-order valence-electron chi connectivity index (χ2n) is 3.31. The zero-order valence-corrected chi connectivity index (χ0v) is 7.74. The molecule has 0 saturated heterocycles. The predicted octanol–water partition coefficient (Wildman–Crippen LogP) is 1.80. The SMILES string of the molecule is NC/C(=C/F)[C@@H]1Cc2ccccc2O1. The van der Waals surface area contributed by atoms with Crippen molar-refractivity contribution < 1.29 is 9.13 Å². The standard InChI is InChI=1S/C11H12FNO/c12-6-9(7-13)11-5-8-3-1-2-4-10(8)14-11/h1-4,6,11H,5,7,13H2/b9-6-/t11-/m0/s1. The van der Waals surface area contributed by atoms with Gasteiger partial charge in [-0.3, -0.25) is 0 Å². The molecule has 1 aromatic carbocycles. The van der Waals surface area contributed by atoms with E-state index in [9.17, 15) is 4.39 Å². The molecule has 0 spiro atoms. The van der Waals surface area contributed by atoms with Gasteiger partial charge in [0.25, 0.3) is 0 Å². The molecular formula is C11H12FNO. The lowest BCUT2D eigenvalue weighted by molar-refractivity contribution is 0.266. The first-order valence-electron chi connectivity index (χ1n) is 4.59. The molecule has 1 aromatic rings. The first-order chi connectivity index (χ1) is 6.85. The second-order valence-corrected chi connectivity index (χ2v) is 3.31. The van der Waals surface area contributed by atoms with Gasteiger partial charge in [0, 0.05) is 18.5 Å². The molecule has 0 amide bonds. The molecule has 1 heterocycles. The molecular weight excluding hydrogens is 181 g/mol. The van der Waals surface area contributed by atoms with Crippen LogP contribution in [0.5, 0.6) is 5.75 Å². The van der Waals surface area contributed by atoms with Crippen LogP contribution in [0.4, 0.5) is 4.39 Å². The Morgan fingerprint density at radius 3 is 3.00 bits per heavy atom. The summed E-state index contributed by atoms with van der Waals surface area (Å²) in [4.78, 5) is 0. The molecule has 74 valence electrons. The molecule has 0 aliphatic carbocycles. The normalized spacial score (nSPS) is 20.4. The Bertz CT molecular complexity index is 337. The van der Waals surface area contributed by atoms with Gasteiger partial charge in [0.1, 0.15) is 11.9 Å². The Morgan fingerprint density at radius 1 is 1.57 bits per heavy atom. The van der Waals surface area contributed by atoms with Crippen molar-refractivity contribution in [2.24, 2.45) is 5.73 Å². The van der Waals surface area contributed by atoms with E-state index >= 15 is 0 Å². The highest BCUT2D eigenvalue weighted by Gasteiger charge is 2.24. The molecule has 3 heteroatoms. The minimum Gasteiger partial charge on any atom is -0.485 e. The van der Waals surface area contributed by atoms with E-state index in [2.05, 4.69) is 0 Å². The van der Waals surface area contributed by atoms with Gasteiger partial charge < -0.3 is 10.5 Å². The maximum absolute atomic E-state index is 12.4. The molecule has 0 radical (unpaired) electrons. The summed E-state index contributed by atoms with van der Waals surface area (Å²) in [5.41, 5.74) is 7.04. The molecule has 0 unspecified atom stereocenters. The fraction of sp³-hybridized carbons (Fsp3) is 0.273. The summed E-state index contributed by atoms with van der Waals surface area (Å²) in [6.45, 7) is 0.204. The van der Waals surface area contributed by atoms with Crippen LogP contribution < -0.4 is 10.5 Å². The third kappa shape index (κ3) is 1.51. The van der Waals surface area contributed by atoms with Crippen LogP contribution in [0.1, 0.15) is 5.56 Å². The average molecular weight is 193 g/mol. The van der Waals surface area contributed by atoms with Crippen LogP contribution in [0.3, 0.4) is 0 Å². The molecule has 0 bridgehead atoms. The van der Waals surface area contributed by atoms with Crippen LogP contribution >= 0.6 is 0 Å². The summed E-state index contributed by atoms with van der Waals surface area (Å²) in [6, 6.07) is 7.73. The largest absolute Gasteiger partial charge is 0.485 e. The summed E-state index contributed by atoms with van der Waals surface area (Å²) >= 11 is 0. The molecule has 2 nitrogen and oxygen atoms in total. The highest BCUT2D eigenvalue weighted by molar-refractivity contribution is 5.39. The van der Waals surface area contributed by atoms with Gasteiger partial charge in [-0.1, -0.05) is 18.2 Å². The van der Waals surface area contributed by atoms with Crippen molar-refractivity contribution >= 4 is 0 Å². The van der Waals surface area contributed by atoms with E-state index in [0.29, 0.717) is 18.3 Å². The molecule has 14 heavy (non-hydrogen) atoms. The molecule has 0 saturated carbocycles. The summed E-state index contributed by atoms with van der Waals surface area (Å²) < 4.78 is 18.0. The van der Waals surface area contributed by atoms with E-state index in [1.165, 1.54) is 0 Å². The third-order valence-corrected chi connectivity index (χ3v) is 2.44. The van der Waals surface area contributed by atoms with Crippen LogP contribution in [0.15, 0.2) is 36.2 Å². The maximum Gasteiger partial charge on any atom is 0.128 e. The van der Waals surface area contributed by atoms with Crippen molar-refractivity contribution in [1.29, 1.82) is 0 Å². The number of halogens is 1. The lowest BCUT2D eigenvalue weighted by Gasteiger charge is -2.11. The Labute approximate surface area is 82.2 Å². The molecule has 1 aliphatic heterocycles. The Hall–Kier alpha value is -1.35. The number of hydrogen-bond donors (Lipinski definition) is 1. The van der Waals surface area contributed by atoms with Gasteiger partial charge in [0.2, 0.25) is 0 Å². The molecule has 0 aromatic heterocycles. The van der Waals surface area contributed by atoms with Gasteiger partial charge in [-0.15, -0.1) is 0 Å². The van der Waals surface area contributed by atoms with Crippen LogP contribution in [-0.2, 0) is 6.42 Å². The zero-order chi connectivity index (χ0) is 9.97. The first kappa shape index (κ1) is 9.21. The fourth-order valence-corrected chi connectivity index (χ4v) is 1.64. The smallest absolute Gasteiger partial charge is 0.128 e. The van der Waals surface area contributed by atoms with Gasteiger partial charge in [0.05, 0.1) is 6.33 Å². The first-order valence-corrected chi connectivity index (χ1v) is 4.59. The summed E-state index contributed by atoms with van der Waals surface area (Å²) in [6.07, 6.45) is 1.04. The Kier molecular flexibility index (Phi) is 2.50. The number of benzene rings is 1. The summed E-state index contributed by atoms with van der Waals surface area (Å²) in [5.74, 6) is 0.838. The van der Waals surface area contributed by atoms with Crippen LogP contribution in [-0.4, -0.2) is 12.6 Å². The number of hydrogen-bond acceptors (Lipinski definition) is 2. The highest BCUT2D eigenvalue weighted by Crippen LogP contribution is 2.30. The van der Waals surface area contributed by atoms with Gasteiger partial charge in [-0.05, 0) is 11.6 Å². The lowest BCUT2D eigenvalue weighted by atomic mass is 10.1. The maximum atomic E-state index is 12.4. The molecule has 2 N–H and O–H groups in total. The van der Waals surface area contributed by atoms with Gasteiger partial charge in [-0.2, -0.15) is 0 Å². The lowest BCUT2D eigenvalue weighted by Crippen LogP contribution is -2.21. The highest BCUT2D eigenvalue weighted by atomic mass is 19.1.